The van der Waals surface area contributed by atoms with Gasteiger partial charge in [0.1, 0.15) is 0 Å². The lowest BCUT2D eigenvalue weighted by atomic mass is 9.92. The Morgan fingerprint density at radius 2 is 1.16 bits per heavy atom. The van der Waals surface area contributed by atoms with Gasteiger partial charge in [0.15, 0.2) is 5.72 Å². The fourth-order valence-electron chi connectivity index (χ4n) is 2.55. The molecular weight excluding hydrogens is 234 g/mol. The Kier molecular flexibility index (Phi) is 4.35. The fourth-order valence-corrected chi connectivity index (χ4v) is 2.55. The first-order valence-electron chi connectivity index (χ1n) is 6.82. The number of rotatable bonds is 5. The first-order valence-corrected chi connectivity index (χ1v) is 6.82. The molecule has 0 fully saturated rings. The van der Waals surface area contributed by atoms with E-state index in [1.54, 1.807) is 0 Å². The van der Waals surface area contributed by atoms with Crippen LogP contribution >= 0.6 is 0 Å². The first-order chi connectivity index (χ1) is 9.23. The van der Waals surface area contributed by atoms with Crippen LogP contribution in [0.5, 0.6) is 0 Å². The van der Waals surface area contributed by atoms with E-state index >= 15 is 0 Å². The molecule has 0 radical (unpaired) electrons. The first kappa shape index (κ1) is 13.8. The minimum atomic E-state index is -1.06. The highest BCUT2D eigenvalue weighted by Gasteiger charge is 2.36. The largest absolute Gasteiger partial charge is 0.367 e. The third kappa shape index (κ3) is 2.55. The Bertz CT molecular complexity index is 452. The minimum Gasteiger partial charge on any atom is -0.367 e. The van der Waals surface area contributed by atoms with Crippen molar-refractivity contribution in [3.63, 3.8) is 0 Å². The molecule has 0 aliphatic heterocycles. The molecule has 0 atom stereocenters. The Balaban J connectivity index is 2.57. The van der Waals surface area contributed by atoms with Gasteiger partial charge in [-0.15, -0.1) is 0 Å². The van der Waals surface area contributed by atoms with Crippen molar-refractivity contribution in [2.75, 3.05) is 13.1 Å². The van der Waals surface area contributed by atoms with Gasteiger partial charge in [-0.05, 0) is 13.1 Å². The molecule has 0 saturated heterocycles. The van der Waals surface area contributed by atoms with E-state index in [0.29, 0.717) is 0 Å². The van der Waals surface area contributed by atoms with Crippen LogP contribution in [0.15, 0.2) is 60.7 Å². The highest BCUT2D eigenvalue weighted by atomic mass is 16.3. The van der Waals surface area contributed by atoms with E-state index in [9.17, 15) is 5.11 Å². The summed E-state index contributed by atoms with van der Waals surface area (Å²) in [6.45, 7) is 5.72. The summed E-state index contributed by atoms with van der Waals surface area (Å²) in [7, 11) is 0. The van der Waals surface area contributed by atoms with Gasteiger partial charge in [-0.3, -0.25) is 4.90 Å². The summed E-state index contributed by atoms with van der Waals surface area (Å²) in [4.78, 5) is 2.07. The van der Waals surface area contributed by atoms with Crippen molar-refractivity contribution in [2.24, 2.45) is 0 Å². The molecule has 0 aliphatic rings. The molecule has 0 amide bonds. The van der Waals surface area contributed by atoms with Crippen molar-refractivity contribution >= 4 is 0 Å². The smallest absolute Gasteiger partial charge is 0.171 e. The summed E-state index contributed by atoms with van der Waals surface area (Å²) in [5, 5.41) is 11.3. The predicted octanol–water partition coefficient (Wildman–Crippen LogP) is 3.22. The molecule has 2 rings (SSSR count). The van der Waals surface area contributed by atoms with Gasteiger partial charge in [0.25, 0.3) is 0 Å². The third-order valence-electron chi connectivity index (χ3n) is 3.57. The maximum Gasteiger partial charge on any atom is 0.171 e. The summed E-state index contributed by atoms with van der Waals surface area (Å²) >= 11 is 0. The molecule has 0 bridgehead atoms. The molecule has 0 aliphatic carbocycles. The Morgan fingerprint density at radius 3 is 1.47 bits per heavy atom. The van der Waals surface area contributed by atoms with Crippen LogP contribution in [0.1, 0.15) is 25.0 Å². The Morgan fingerprint density at radius 1 is 0.789 bits per heavy atom. The zero-order valence-electron chi connectivity index (χ0n) is 11.6. The summed E-state index contributed by atoms with van der Waals surface area (Å²) < 4.78 is 0. The van der Waals surface area contributed by atoms with Gasteiger partial charge in [-0.2, -0.15) is 0 Å². The van der Waals surface area contributed by atoms with Crippen LogP contribution in [0, 0.1) is 0 Å². The summed E-state index contributed by atoms with van der Waals surface area (Å²) in [6.07, 6.45) is 0. The summed E-state index contributed by atoms with van der Waals surface area (Å²) in [6, 6.07) is 19.7. The third-order valence-corrected chi connectivity index (χ3v) is 3.57. The molecule has 0 unspecified atom stereocenters. The predicted molar refractivity (Wildman–Crippen MR) is 78.8 cm³/mol. The van der Waals surface area contributed by atoms with E-state index in [0.717, 1.165) is 24.2 Å². The molecule has 2 heteroatoms. The SMILES string of the molecule is CCN(CC)C(O)(c1ccccc1)c1ccccc1. The van der Waals surface area contributed by atoms with Gasteiger partial charge in [0.2, 0.25) is 0 Å². The van der Waals surface area contributed by atoms with Gasteiger partial charge in [-0.1, -0.05) is 74.5 Å². The van der Waals surface area contributed by atoms with Crippen molar-refractivity contribution in [3.05, 3.63) is 71.8 Å². The van der Waals surface area contributed by atoms with Gasteiger partial charge in [-0.25, -0.2) is 0 Å². The molecule has 19 heavy (non-hydrogen) atoms. The molecular formula is C17H21NO. The zero-order valence-corrected chi connectivity index (χ0v) is 11.6. The van der Waals surface area contributed by atoms with Crippen molar-refractivity contribution in [1.29, 1.82) is 0 Å². The van der Waals surface area contributed by atoms with Crippen LogP contribution in [0.3, 0.4) is 0 Å². The number of hydrogen-bond acceptors (Lipinski definition) is 2. The normalized spacial score (nSPS) is 11.8. The lowest BCUT2D eigenvalue weighted by Crippen LogP contribution is -2.46. The highest BCUT2D eigenvalue weighted by Crippen LogP contribution is 2.32. The second kappa shape index (κ2) is 6.00. The maximum atomic E-state index is 11.3. The topological polar surface area (TPSA) is 23.5 Å². The summed E-state index contributed by atoms with van der Waals surface area (Å²) in [5.41, 5.74) is 0.751. The maximum absolute atomic E-state index is 11.3. The molecule has 0 aromatic heterocycles. The van der Waals surface area contributed by atoms with Crippen LogP contribution in [0.25, 0.3) is 0 Å². The molecule has 1 N–H and O–H groups in total. The van der Waals surface area contributed by atoms with E-state index in [-0.39, 0.29) is 0 Å². The second-order valence-electron chi connectivity index (χ2n) is 4.58. The molecule has 0 spiro atoms. The quantitative estimate of drug-likeness (QED) is 0.829. The number of nitrogens with zero attached hydrogens (tertiary/aromatic N) is 1. The zero-order chi connectivity index (χ0) is 13.7. The van der Waals surface area contributed by atoms with Crippen LogP contribution < -0.4 is 0 Å². The summed E-state index contributed by atoms with van der Waals surface area (Å²) in [5.74, 6) is 0. The second-order valence-corrected chi connectivity index (χ2v) is 4.58. The molecule has 2 aromatic carbocycles. The number of benzene rings is 2. The standard InChI is InChI=1S/C17H21NO/c1-3-18(4-2)17(19,15-11-7-5-8-12-15)16-13-9-6-10-14-16/h5-14,19H,3-4H2,1-2H3. The lowest BCUT2D eigenvalue weighted by molar-refractivity contribution is -0.0756. The monoisotopic (exact) mass is 255 g/mol. The van der Waals surface area contributed by atoms with Gasteiger partial charge < -0.3 is 5.11 Å². The van der Waals surface area contributed by atoms with Crippen LogP contribution in [-0.4, -0.2) is 23.1 Å². The highest BCUT2D eigenvalue weighted by molar-refractivity contribution is 5.35. The van der Waals surface area contributed by atoms with Crippen LogP contribution in [-0.2, 0) is 5.72 Å². The van der Waals surface area contributed by atoms with E-state index in [2.05, 4.69) is 18.7 Å². The van der Waals surface area contributed by atoms with Crippen molar-refractivity contribution in [2.45, 2.75) is 19.6 Å². The van der Waals surface area contributed by atoms with Crippen LogP contribution in [0.2, 0.25) is 0 Å². The fraction of sp³-hybridized carbons (Fsp3) is 0.294. The van der Waals surface area contributed by atoms with Gasteiger partial charge in [0.05, 0.1) is 0 Å². The number of aliphatic hydroxyl groups is 1. The van der Waals surface area contributed by atoms with E-state index in [1.165, 1.54) is 0 Å². The van der Waals surface area contributed by atoms with E-state index in [4.69, 9.17) is 0 Å². The van der Waals surface area contributed by atoms with Crippen molar-refractivity contribution in [1.82, 2.24) is 4.90 Å². The molecule has 2 nitrogen and oxygen atoms in total. The van der Waals surface area contributed by atoms with Gasteiger partial charge >= 0.3 is 0 Å². The van der Waals surface area contributed by atoms with Crippen molar-refractivity contribution in [3.8, 4) is 0 Å². The van der Waals surface area contributed by atoms with Gasteiger partial charge in [0, 0.05) is 11.1 Å². The van der Waals surface area contributed by atoms with E-state index < -0.39 is 5.72 Å². The average Bonchev–Trinajstić information content (AvgIpc) is 2.50. The van der Waals surface area contributed by atoms with Crippen LogP contribution in [0.4, 0.5) is 0 Å². The van der Waals surface area contributed by atoms with E-state index in [1.807, 2.05) is 60.7 Å². The lowest BCUT2D eigenvalue weighted by Gasteiger charge is -2.39. The minimum absolute atomic E-state index is 0.788. The molecule has 2 aromatic rings. The Labute approximate surface area is 115 Å². The number of hydrogen-bond donors (Lipinski definition) is 1. The molecule has 0 heterocycles. The Hall–Kier alpha value is -1.64. The molecule has 100 valence electrons. The molecule has 0 saturated carbocycles. The van der Waals surface area contributed by atoms with Crippen molar-refractivity contribution < 1.29 is 5.11 Å². The average molecular weight is 255 g/mol.